The first-order valence-electron chi connectivity index (χ1n) is 8.07. The third-order valence-electron chi connectivity index (χ3n) is 4.55. The number of nitrogens with zero attached hydrogens (tertiary/aromatic N) is 1. The molecule has 1 heterocycles. The second-order valence-corrected chi connectivity index (χ2v) is 7.39. The Balaban J connectivity index is 2.05. The molecule has 1 aromatic carbocycles. The van der Waals surface area contributed by atoms with Crippen LogP contribution in [0, 0.1) is 11.2 Å². The van der Waals surface area contributed by atoms with Crippen LogP contribution in [0.1, 0.15) is 51.6 Å². The molecule has 1 aliphatic rings. The normalized spacial score (nSPS) is 22.2. The predicted molar refractivity (Wildman–Crippen MR) is 86.9 cm³/mol. The van der Waals surface area contributed by atoms with E-state index in [1.165, 1.54) is 31.4 Å². The minimum Gasteiger partial charge on any atom is -0.308 e. The molecule has 1 N–H and O–H groups in total. The summed E-state index contributed by atoms with van der Waals surface area (Å²) in [4.78, 5) is 2.46. The molecular formula is C18H29FN2. The maximum atomic E-state index is 13.1. The van der Waals surface area contributed by atoms with Gasteiger partial charge in [0.05, 0.1) is 0 Å². The number of piperidine rings is 1. The number of benzene rings is 1. The van der Waals surface area contributed by atoms with Crippen molar-refractivity contribution >= 4 is 0 Å². The van der Waals surface area contributed by atoms with Crippen LogP contribution < -0.4 is 5.32 Å². The zero-order chi connectivity index (χ0) is 15.5. The van der Waals surface area contributed by atoms with Crippen LogP contribution in [-0.4, -0.2) is 31.1 Å². The topological polar surface area (TPSA) is 15.3 Å². The van der Waals surface area contributed by atoms with Crippen molar-refractivity contribution in [3.8, 4) is 0 Å². The molecule has 0 aliphatic carbocycles. The van der Waals surface area contributed by atoms with E-state index in [2.05, 4.69) is 38.0 Å². The molecule has 0 aromatic heterocycles. The van der Waals surface area contributed by atoms with Crippen LogP contribution >= 0.6 is 0 Å². The molecule has 0 bridgehead atoms. The van der Waals surface area contributed by atoms with Crippen molar-refractivity contribution in [3.63, 3.8) is 0 Å². The predicted octanol–water partition coefficient (Wildman–Crippen LogP) is 3.99. The highest BCUT2D eigenvalue weighted by molar-refractivity contribution is 5.21. The number of likely N-dealkylation sites (N-methyl/N-ethyl adjacent to an activating group) is 1. The first-order chi connectivity index (χ1) is 9.88. The molecule has 0 saturated carbocycles. The summed E-state index contributed by atoms with van der Waals surface area (Å²) in [5.74, 6) is -0.168. The van der Waals surface area contributed by atoms with Crippen LogP contribution in [0.3, 0.4) is 0 Å². The van der Waals surface area contributed by atoms with Crippen molar-refractivity contribution in [1.82, 2.24) is 10.2 Å². The molecule has 0 radical (unpaired) electrons. The third kappa shape index (κ3) is 4.52. The number of rotatable bonds is 4. The Morgan fingerprint density at radius 2 is 1.90 bits per heavy atom. The minimum absolute atomic E-state index is 0.102. The third-order valence-corrected chi connectivity index (χ3v) is 4.55. The van der Waals surface area contributed by atoms with E-state index in [4.69, 9.17) is 0 Å². The summed E-state index contributed by atoms with van der Waals surface area (Å²) in [7, 11) is 2.22. The molecule has 2 atom stereocenters. The van der Waals surface area contributed by atoms with E-state index in [1.54, 1.807) is 12.1 Å². The number of hydrogen-bond acceptors (Lipinski definition) is 2. The van der Waals surface area contributed by atoms with Gasteiger partial charge in [-0.1, -0.05) is 39.3 Å². The van der Waals surface area contributed by atoms with Crippen LogP contribution in [0.5, 0.6) is 0 Å². The Hall–Kier alpha value is -0.930. The summed E-state index contributed by atoms with van der Waals surface area (Å²) >= 11 is 0. The van der Waals surface area contributed by atoms with Gasteiger partial charge in [0.15, 0.2) is 0 Å². The second kappa shape index (κ2) is 6.89. The molecule has 0 spiro atoms. The summed E-state index contributed by atoms with van der Waals surface area (Å²) in [6.07, 6.45) is 3.91. The van der Waals surface area contributed by atoms with Gasteiger partial charge in [0, 0.05) is 18.6 Å². The van der Waals surface area contributed by atoms with Gasteiger partial charge in [0.1, 0.15) is 5.82 Å². The Labute approximate surface area is 128 Å². The van der Waals surface area contributed by atoms with E-state index >= 15 is 0 Å². The lowest BCUT2D eigenvalue weighted by molar-refractivity contribution is 0.164. The molecule has 1 aromatic rings. The van der Waals surface area contributed by atoms with Crippen LogP contribution in [0.15, 0.2) is 24.3 Å². The van der Waals surface area contributed by atoms with E-state index in [0.29, 0.717) is 6.04 Å². The molecule has 2 unspecified atom stereocenters. The highest BCUT2D eigenvalue weighted by atomic mass is 19.1. The highest BCUT2D eigenvalue weighted by Crippen LogP contribution is 2.33. The first-order valence-corrected chi connectivity index (χ1v) is 8.07. The van der Waals surface area contributed by atoms with Crippen LogP contribution in [0.2, 0.25) is 0 Å². The van der Waals surface area contributed by atoms with Crippen LogP contribution in [0.4, 0.5) is 4.39 Å². The Bertz CT molecular complexity index is 436. The van der Waals surface area contributed by atoms with Crippen molar-refractivity contribution < 1.29 is 4.39 Å². The van der Waals surface area contributed by atoms with E-state index < -0.39 is 0 Å². The maximum Gasteiger partial charge on any atom is 0.123 e. The Kier molecular flexibility index (Phi) is 5.39. The van der Waals surface area contributed by atoms with E-state index in [1.807, 2.05) is 12.1 Å². The molecule has 1 aliphatic heterocycles. The first kappa shape index (κ1) is 16.4. The lowest BCUT2D eigenvalue weighted by Gasteiger charge is -2.37. The minimum atomic E-state index is -0.168. The van der Waals surface area contributed by atoms with Crippen molar-refractivity contribution in [3.05, 3.63) is 35.6 Å². The van der Waals surface area contributed by atoms with E-state index in [0.717, 1.165) is 6.54 Å². The van der Waals surface area contributed by atoms with Gasteiger partial charge in [-0.05, 0) is 49.5 Å². The standard InChI is InChI=1S/C18H29FN2/c1-18(2,3)17(14-8-10-15(19)11-9-14)20-13-16-7-5-6-12-21(16)4/h8-11,16-17,20H,5-7,12-13H2,1-4H3. The van der Waals surface area contributed by atoms with Gasteiger partial charge in [0.2, 0.25) is 0 Å². The molecule has 118 valence electrons. The Morgan fingerprint density at radius 1 is 1.24 bits per heavy atom. The Morgan fingerprint density at radius 3 is 2.48 bits per heavy atom. The highest BCUT2D eigenvalue weighted by Gasteiger charge is 2.28. The fourth-order valence-electron chi connectivity index (χ4n) is 3.24. The van der Waals surface area contributed by atoms with Crippen molar-refractivity contribution in [2.24, 2.45) is 5.41 Å². The molecule has 2 nitrogen and oxygen atoms in total. The lowest BCUT2D eigenvalue weighted by Crippen LogP contribution is -2.45. The van der Waals surface area contributed by atoms with E-state index in [9.17, 15) is 4.39 Å². The summed E-state index contributed by atoms with van der Waals surface area (Å²) in [5.41, 5.74) is 1.27. The summed E-state index contributed by atoms with van der Waals surface area (Å²) in [6, 6.07) is 7.79. The number of likely N-dealkylation sites (tertiary alicyclic amines) is 1. The monoisotopic (exact) mass is 292 g/mol. The zero-order valence-electron chi connectivity index (χ0n) is 13.8. The summed E-state index contributed by atoms with van der Waals surface area (Å²) < 4.78 is 13.1. The van der Waals surface area contributed by atoms with Gasteiger partial charge in [0.25, 0.3) is 0 Å². The van der Waals surface area contributed by atoms with Gasteiger partial charge < -0.3 is 10.2 Å². The SMILES string of the molecule is CN1CCCCC1CNC(c1ccc(F)cc1)C(C)(C)C. The molecule has 1 saturated heterocycles. The molecule has 21 heavy (non-hydrogen) atoms. The van der Waals surface area contributed by atoms with E-state index in [-0.39, 0.29) is 17.3 Å². The molecule has 3 heteroatoms. The fraction of sp³-hybridized carbons (Fsp3) is 0.667. The molecule has 0 amide bonds. The maximum absolute atomic E-state index is 13.1. The average Bonchev–Trinajstić information content (AvgIpc) is 2.41. The molecular weight excluding hydrogens is 263 g/mol. The van der Waals surface area contributed by atoms with Crippen molar-refractivity contribution in [1.29, 1.82) is 0 Å². The number of hydrogen-bond donors (Lipinski definition) is 1. The average molecular weight is 292 g/mol. The van der Waals surface area contributed by atoms with Crippen molar-refractivity contribution in [2.45, 2.75) is 52.1 Å². The largest absolute Gasteiger partial charge is 0.308 e. The second-order valence-electron chi connectivity index (χ2n) is 7.39. The molecule has 1 fully saturated rings. The van der Waals surface area contributed by atoms with Gasteiger partial charge in [-0.15, -0.1) is 0 Å². The van der Waals surface area contributed by atoms with Gasteiger partial charge in [-0.2, -0.15) is 0 Å². The number of nitrogens with one attached hydrogen (secondary N) is 1. The van der Waals surface area contributed by atoms with Crippen molar-refractivity contribution in [2.75, 3.05) is 20.1 Å². The van der Waals surface area contributed by atoms with Crippen LogP contribution in [-0.2, 0) is 0 Å². The van der Waals surface area contributed by atoms with Crippen LogP contribution in [0.25, 0.3) is 0 Å². The number of halogens is 1. The fourth-order valence-corrected chi connectivity index (χ4v) is 3.24. The quantitative estimate of drug-likeness (QED) is 0.903. The van der Waals surface area contributed by atoms with Gasteiger partial charge >= 0.3 is 0 Å². The smallest absolute Gasteiger partial charge is 0.123 e. The lowest BCUT2D eigenvalue weighted by atomic mass is 9.82. The molecule has 2 rings (SSSR count). The summed E-state index contributed by atoms with van der Waals surface area (Å²) in [5, 5.41) is 3.73. The van der Waals surface area contributed by atoms with Gasteiger partial charge in [-0.25, -0.2) is 4.39 Å². The summed E-state index contributed by atoms with van der Waals surface area (Å²) in [6.45, 7) is 8.90. The zero-order valence-corrected chi connectivity index (χ0v) is 13.8. The van der Waals surface area contributed by atoms with Gasteiger partial charge in [-0.3, -0.25) is 0 Å².